The number of aryl methyl sites for hydroxylation is 2. The number of carbonyl (C=O) groups excluding carboxylic acids is 1. The van der Waals surface area contributed by atoms with Crippen LogP contribution >= 0.6 is 23.4 Å². The average molecular weight is 493 g/mol. The molecule has 0 spiro atoms. The van der Waals surface area contributed by atoms with E-state index in [1.807, 2.05) is 75.4 Å². The molecule has 0 radical (unpaired) electrons. The van der Waals surface area contributed by atoms with Crippen molar-refractivity contribution in [3.05, 3.63) is 92.8 Å². The molecule has 5 nitrogen and oxygen atoms in total. The van der Waals surface area contributed by atoms with Gasteiger partial charge in [-0.1, -0.05) is 59.1 Å². The lowest BCUT2D eigenvalue weighted by Crippen LogP contribution is -2.19. The number of amidine groups is 1. The molecule has 3 aromatic rings. The van der Waals surface area contributed by atoms with Crippen LogP contribution in [0.3, 0.4) is 0 Å². The van der Waals surface area contributed by atoms with Gasteiger partial charge in [-0.3, -0.25) is 4.79 Å². The van der Waals surface area contributed by atoms with Gasteiger partial charge in [0.15, 0.2) is 16.7 Å². The van der Waals surface area contributed by atoms with Gasteiger partial charge in [0.05, 0.1) is 22.2 Å². The number of thioether (sulfide) groups is 1. The number of hydrogen-bond acceptors (Lipinski definition) is 5. The number of aliphatic imine (C=N–C) groups is 1. The molecule has 1 N–H and O–H groups in total. The first-order valence-electron chi connectivity index (χ1n) is 10.9. The van der Waals surface area contributed by atoms with Crippen molar-refractivity contribution in [2.24, 2.45) is 4.99 Å². The molecule has 7 heteroatoms. The summed E-state index contributed by atoms with van der Waals surface area (Å²) >= 11 is 7.85. The summed E-state index contributed by atoms with van der Waals surface area (Å²) in [5, 5.41) is 3.77. The van der Waals surface area contributed by atoms with E-state index < -0.39 is 0 Å². The van der Waals surface area contributed by atoms with Gasteiger partial charge in [-0.05, 0) is 74.0 Å². The monoisotopic (exact) mass is 492 g/mol. The molecule has 1 fully saturated rings. The number of nitrogens with one attached hydrogen (secondary N) is 1. The Morgan fingerprint density at radius 3 is 2.35 bits per heavy atom. The molecule has 1 saturated heterocycles. The van der Waals surface area contributed by atoms with Crippen LogP contribution in [-0.4, -0.2) is 17.7 Å². The molecular weight excluding hydrogens is 468 g/mol. The molecule has 3 aromatic carbocycles. The largest absolute Gasteiger partial charge is 0.490 e. The number of halogens is 1. The quantitative estimate of drug-likeness (QED) is 0.367. The van der Waals surface area contributed by atoms with Crippen LogP contribution in [-0.2, 0) is 11.4 Å². The van der Waals surface area contributed by atoms with Crippen LogP contribution in [0.15, 0.2) is 70.6 Å². The maximum absolute atomic E-state index is 12.5. The zero-order valence-electron chi connectivity index (χ0n) is 19.2. The molecule has 0 atom stereocenters. The van der Waals surface area contributed by atoms with E-state index in [-0.39, 0.29) is 5.91 Å². The molecule has 0 unspecified atom stereocenters. The highest BCUT2D eigenvalue weighted by Gasteiger charge is 2.24. The van der Waals surface area contributed by atoms with Crippen LogP contribution in [0.2, 0.25) is 5.02 Å². The summed E-state index contributed by atoms with van der Waals surface area (Å²) in [5.74, 6) is 0.812. The summed E-state index contributed by atoms with van der Waals surface area (Å²) in [5.41, 5.74) is 4.91. The number of amides is 1. The van der Waals surface area contributed by atoms with Crippen molar-refractivity contribution in [1.82, 2.24) is 5.32 Å². The van der Waals surface area contributed by atoms with E-state index in [1.54, 1.807) is 12.1 Å². The fourth-order valence-electron chi connectivity index (χ4n) is 3.28. The van der Waals surface area contributed by atoms with E-state index in [0.717, 1.165) is 22.4 Å². The minimum absolute atomic E-state index is 0.204. The summed E-state index contributed by atoms with van der Waals surface area (Å²) in [7, 11) is 0. The van der Waals surface area contributed by atoms with Crippen LogP contribution in [0.1, 0.15) is 29.2 Å². The second-order valence-corrected chi connectivity index (χ2v) is 9.29. The Kier molecular flexibility index (Phi) is 7.60. The molecule has 0 aliphatic carbocycles. The van der Waals surface area contributed by atoms with Gasteiger partial charge in [0.1, 0.15) is 6.61 Å². The highest BCUT2D eigenvalue weighted by molar-refractivity contribution is 8.18. The van der Waals surface area contributed by atoms with Gasteiger partial charge >= 0.3 is 0 Å². The third-order valence-electron chi connectivity index (χ3n) is 5.05. The lowest BCUT2D eigenvalue weighted by Gasteiger charge is -2.15. The molecule has 4 rings (SSSR count). The lowest BCUT2D eigenvalue weighted by atomic mass is 10.1. The summed E-state index contributed by atoms with van der Waals surface area (Å²) in [6.45, 7) is 6.79. The van der Waals surface area contributed by atoms with Crippen molar-refractivity contribution in [3.8, 4) is 11.5 Å². The van der Waals surface area contributed by atoms with Crippen molar-refractivity contribution < 1.29 is 14.3 Å². The summed E-state index contributed by atoms with van der Waals surface area (Å²) < 4.78 is 11.8. The molecule has 1 amide bonds. The zero-order valence-corrected chi connectivity index (χ0v) is 20.8. The summed E-state index contributed by atoms with van der Waals surface area (Å²) in [6.07, 6.45) is 1.77. The molecule has 1 aliphatic heterocycles. The predicted molar refractivity (Wildman–Crippen MR) is 140 cm³/mol. The minimum Gasteiger partial charge on any atom is -0.490 e. The average Bonchev–Trinajstić information content (AvgIpc) is 3.14. The zero-order chi connectivity index (χ0) is 24.1. The standard InChI is InChI=1S/C27H25ClN2O3S/c1-4-32-23-14-20(13-22(28)25(23)33-16-19-9-5-17(2)6-10-19)15-24-26(31)30-27(34-24)29-21-11-7-18(3)8-12-21/h5-15H,4,16H2,1-3H3,(H,29,30,31)/b24-15+. The number of ether oxygens (including phenoxy) is 2. The van der Waals surface area contributed by atoms with Crippen molar-refractivity contribution >= 4 is 46.2 Å². The molecule has 174 valence electrons. The molecule has 0 bridgehead atoms. The minimum atomic E-state index is -0.204. The normalized spacial score (nSPS) is 15.6. The molecule has 34 heavy (non-hydrogen) atoms. The van der Waals surface area contributed by atoms with E-state index in [2.05, 4.69) is 10.3 Å². The van der Waals surface area contributed by atoms with Crippen molar-refractivity contribution in [1.29, 1.82) is 0 Å². The van der Waals surface area contributed by atoms with Crippen LogP contribution in [0.25, 0.3) is 6.08 Å². The lowest BCUT2D eigenvalue weighted by molar-refractivity contribution is -0.115. The molecule has 1 heterocycles. The topological polar surface area (TPSA) is 59.9 Å². The molecule has 0 saturated carbocycles. The number of nitrogens with zero attached hydrogens (tertiary/aromatic N) is 1. The Hall–Kier alpha value is -3.22. The van der Waals surface area contributed by atoms with E-state index in [9.17, 15) is 4.79 Å². The van der Waals surface area contributed by atoms with Crippen LogP contribution < -0.4 is 14.8 Å². The Morgan fingerprint density at radius 1 is 1.00 bits per heavy atom. The van der Waals surface area contributed by atoms with E-state index in [4.69, 9.17) is 21.1 Å². The smallest absolute Gasteiger partial charge is 0.264 e. The van der Waals surface area contributed by atoms with Gasteiger partial charge in [0.2, 0.25) is 0 Å². The Bertz CT molecular complexity index is 1250. The Morgan fingerprint density at radius 2 is 1.68 bits per heavy atom. The summed E-state index contributed by atoms with van der Waals surface area (Å²) in [4.78, 5) is 17.5. The number of hydrogen-bond donors (Lipinski definition) is 1. The highest BCUT2D eigenvalue weighted by atomic mass is 35.5. The predicted octanol–water partition coefficient (Wildman–Crippen LogP) is 6.83. The first kappa shape index (κ1) is 23.9. The van der Waals surface area contributed by atoms with Gasteiger partial charge in [-0.2, -0.15) is 0 Å². The third kappa shape index (κ3) is 6.01. The van der Waals surface area contributed by atoms with E-state index >= 15 is 0 Å². The Balaban J connectivity index is 1.54. The first-order chi connectivity index (χ1) is 16.4. The second kappa shape index (κ2) is 10.8. The maximum atomic E-state index is 12.5. The number of carbonyl (C=O) groups is 1. The number of benzene rings is 3. The van der Waals surface area contributed by atoms with Gasteiger partial charge < -0.3 is 14.8 Å². The van der Waals surface area contributed by atoms with Crippen LogP contribution in [0.5, 0.6) is 11.5 Å². The fraction of sp³-hybridized carbons (Fsp3) is 0.185. The van der Waals surface area contributed by atoms with Crippen LogP contribution in [0, 0.1) is 13.8 Å². The van der Waals surface area contributed by atoms with Gasteiger partial charge in [-0.25, -0.2) is 4.99 Å². The summed E-state index contributed by atoms with van der Waals surface area (Å²) in [6, 6.07) is 19.5. The first-order valence-corrected chi connectivity index (χ1v) is 12.1. The molecular formula is C27H25ClN2O3S. The fourth-order valence-corrected chi connectivity index (χ4v) is 4.40. The van der Waals surface area contributed by atoms with Crippen molar-refractivity contribution in [3.63, 3.8) is 0 Å². The second-order valence-electron chi connectivity index (χ2n) is 7.85. The highest BCUT2D eigenvalue weighted by Crippen LogP contribution is 2.39. The van der Waals surface area contributed by atoms with E-state index in [0.29, 0.717) is 39.8 Å². The SMILES string of the molecule is CCOc1cc(/C=C2/SC(=Nc3ccc(C)cc3)NC2=O)cc(Cl)c1OCc1ccc(C)cc1. The van der Waals surface area contributed by atoms with Gasteiger partial charge in [0.25, 0.3) is 5.91 Å². The van der Waals surface area contributed by atoms with Crippen molar-refractivity contribution in [2.75, 3.05) is 6.61 Å². The molecule has 0 aromatic heterocycles. The maximum Gasteiger partial charge on any atom is 0.264 e. The van der Waals surface area contributed by atoms with Crippen LogP contribution in [0.4, 0.5) is 5.69 Å². The van der Waals surface area contributed by atoms with Gasteiger partial charge in [-0.15, -0.1) is 0 Å². The van der Waals surface area contributed by atoms with Gasteiger partial charge in [0, 0.05) is 0 Å². The Labute approximate surface area is 208 Å². The molecule has 1 aliphatic rings. The van der Waals surface area contributed by atoms with Crippen molar-refractivity contribution in [2.45, 2.75) is 27.4 Å². The third-order valence-corrected chi connectivity index (χ3v) is 6.24. The van der Waals surface area contributed by atoms with E-state index in [1.165, 1.54) is 17.3 Å². The number of rotatable bonds is 7.